The summed E-state index contributed by atoms with van der Waals surface area (Å²) in [5.74, 6) is -0.632. The third kappa shape index (κ3) is 2.69. The molecule has 0 aliphatic carbocycles. The zero-order valence-electron chi connectivity index (χ0n) is 11.8. The summed E-state index contributed by atoms with van der Waals surface area (Å²) in [6.07, 6.45) is -0.895. The number of fused-ring (bicyclic) bond motifs is 1. The van der Waals surface area contributed by atoms with Gasteiger partial charge < -0.3 is 5.11 Å². The van der Waals surface area contributed by atoms with Crippen LogP contribution in [0.1, 0.15) is 23.1 Å². The van der Waals surface area contributed by atoms with E-state index in [-0.39, 0.29) is 0 Å². The molecule has 0 radical (unpaired) electrons. The maximum atomic E-state index is 10.6. The molecule has 22 heavy (non-hydrogen) atoms. The minimum atomic E-state index is -0.895. The van der Waals surface area contributed by atoms with Crippen molar-refractivity contribution in [1.29, 1.82) is 5.26 Å². The molecule has 0 saturated heterocycles. The average Bonchev–Trinajstić information content (AvgIpc) is 2.56. The van der Waals surface area contributed by atoms with Crippen molar-refractivity contribution < 1.29 is 5.11 Å². The monoisotopic (exact) mass is 307 g/mol. The summed E-state index contributed by atoms with van der Waals surface area (Å²) >= 11 is 5.88. The van der Waals surface area contributed by atoms with Crippen molar-refractivity contribution in [2.75, 3.05) is 0 Å². The van der Waals surface area contributed by atoms with Gasteiger partial charge in [0.25, 0.3) is 0 Å². The molecular weight excluding hydrogens is 294 g/mol. The Morgan fingerprint density at radius 1 is 0.909 bits per heavy atom. The van der Waals surface area contributed by atoms with E-state index >= 15 is 0 Å². The largest absolute Gasteiger partial charge is 0.387 e. The lowest BCUT2D eigenvalue weighted by atomic mass is 9.87. The molecule has 1 N–H and O–H groups in total. The van der Waals surface area contributed by atoms with E-state index in [1.54, 1.807) is 24.3 Å². The summed E-state index contributed by atoms with van der Waals surface area (Å²) in [7, 11) is 0. The number of benzene rings is 3. The number of hydrogen-bond donors (Lipinski definition) is 1. The standard InChI is InChI=1S/C19H14ClNO/c20-15-10-8-14(9-11-15)19(22)18(12-21)17-7-3-5-13-4-1-2-6-16(13)17/h1-11,18-19,22H/t18-,19-/m0/s1. The lowest BCUT2D eigenvalue weighted by Crippen LogP contribution is -2.09. The molecule has 0 heterocycles. The first-order valence-electron chi connectivity index (χ1n) is 7.01. The van der Waals surface area contributed by atoms with Gasteiger partial charge in [0.05, 0.1) is 12.2 Å². The molecule has 2 nitrogen and oxygen atoms in total. The highest BCUT2D eigenvalue weighted by Crippen LogP contribution is 2.34. The molecule has 0 fully saturated rings. The summed E-state index contributed by atoms with van der Waals surface area (Å²) in [5, 5.41) is 22.9. The van der Waals surface area contributed by atoms with E-state index in [2.05, 4.69) is 6.07 Å². The van der Waals surface area contributed by atoms with Crippen LogP contribution in [0.5, 0.6) is 0 Å². The first-order chi connectivity index (χ1) is 10.7. The molecule has 3 rings (SSSR count). The number of aliphatic hydroxyl groups excluding tert-OH is 1. The number of rotatable bonds is 3. The highest BCUT2D eigenvalue weighted by atomic mass is 35.5. The van der Waals surface area contributed by atoms with Crippen molar-refractivity contribution in [2.24, 2.45) is 0 Å². The van der Waals surface area contributed by atoms with Crippen LogP contribution in [0.25, 0.3) is 10.8 Å². The highest BCUT2D eigenvalue weighted by Gasteiger charge is 2.24. The smallest absolute Gasteiger partial charge is 0.102 e. The summed E-state index contributed by atoms with van der Waals surface area (Å²) in [5.41, 5.74) is 1.52. The summed E-state index contributed by atoms with van der Waals surface area (Å²) in [4.78, 5) is 0. The topological polar surface area (TPSA) is 44.0 Å². The van der Waals surface area contributed by atoms with Gasteiger partial charge in [-0.15, -0.1) is 0 Å². The Bertz CT molecular complexity index is 831. The van der Waals surface area contributed by atoms with Crippen LogP contribution in [0, 0.1) is 11.3 Å². The van der Waals surface area contributed by atoms with Gasteiger partial charge in [-0.25, -0.2) is 0 Å². The van der Waals surface area contributed by atoms with Gasteiger partial charge in [0.1, 0.15) is 5.92 Å². The minimum Gasteiger partial charge on any atom is -0.387 e. The third-order valence-electron chi connectivity index (χ3n) is 3.82. The van der Waals surface area contributed by atoms with Crippen LogP contribution < -0.4 is 0 Å². The molecule has 2 atom stereocenters. The summed E-state index contributed by atoms with van der Waals surface area (Å²) in [6, 6.07) is 22.9. The van der Waals surface area contributed by atoms with Crippen LogP contribution in [0.2, 0.25) is 5.02 Å². The number of hydrogen-bond acceptors (Lipinski definition) is 2. The Balaban J connectivity index is 2.07. The Hall–Kier alpha value is -2.34. The Kier molecular flexibility index (Phi) is 4.11. The molecule has 0 aromatic heterocycles. The lowest BCUT2D eigenvalue weighted by Gasteiger charge is -2.19. The molecule has 108 valence electrons. The SMILES string of the molecule is N#C[C@@H](c1cccc2ccccc12)[C@@H](O)c1ccc(Cl)cc1. The highest BCUT2D eigenvalue weighted by molar-refractivity contribution is 6.30. The fourth-order valence-electron chi connectivity index (χ4n) is 2.68. The number of aliphatic hydroxyl groups is 1. The second kappa shape index (κ2) is 6.19. The number of nitrogens with zero attached hydrogens (tertiary/aromatic N) is 1. The predicted octanol–water partition coefficient (Wildman–Crippen LogP) is 4.83. The van der Waals surface area contributed by atoms with E-state index in [1.807, 2.05) is 42.5 Å². The van der Waals surface area contributed by atoms with Gasteiger partial charge >= 0.3 is 0 Å². The molecule has 0 aliphatic heterocycles. The lowest BCUT2D eigenvalue weighted by molar-refractivity contribution is 0.164. The molecule has 3 aromatic carbocycles. The van der Waals surface area contributed by atoms with Gasteiger partial charge in [0.15, 0.2) is 0 Å². The van der Waals surface area contributed by atoms with Crippen molar-refractivity contribution in [3.63, 3.8) is 0 Å². The summed E-state index contributed by atoms with van der Waals surface area (Å²) in [6.45, 7) is 0. The Morgan fingerprint density at radius 3 is 2.32 bits per heavy atom. The van der Waals surface area contributed by atoms with Crippen LogP contribution in [0.3, 0.4) is 0 Å². The fraction of sp³-hybridized carbons (Fsp3) is 0.105. The maximum absolute atomic E-state index is 10.6. The van der Waals surface area contributed by atoms with Crippen LogP contribution in [0.15, 0.2) is 66.7 Å². The van der Waals surface area contributed by atoms with Crippen LogP contribution in [0.4, 0.5) is 0 Å². The van der Waals surface area contributed by atoms with E-state index < -0.39 is 12.0 Å². The number of nitriles is 1. The molecule has 0 unspecified atom stereocenters. The van der Waals surface area contributed by atoms with Crippen molar-refractivity contribution in [1.82, 2.24) is 0 Å². The van der Waals surface area contributed by atoms with Crippen molar-refractivity contribution in [3.05, 3.63) is 82.9 Å². The first-order valence-corrected chi connectivity index (χ1v) is 7.39. The van der Waals surface area contributed by atoms with Crippen LogP contribution >= 0.6 is 11.6 Å². The zero-order chi connectivity index (χ0) is 15.5. The quantitative estimate of drug-likeness (QED) is 0.753. The maximum Gasteiger partial charge on any atom is 0.102 e. The summed E-state index contributed by atoms with van der Waals surface area (Å²) < 4.78 is 0. The molecule has 0 amide bonds. The van der Waals surface area contributed by atoms with E-state index in [4.69, 9.17) is 11.6 Å². The fourth-order valence-corrected chi connectivity index (χ4v) is 2.81. The molecule has 0 spiro atoms. The van der Waals surface area contributed by atoms with E-state index in [0.29, 0.717) is 10.6 Å². The third-order valence-corrected chi connectivity index (χ3v) is 4.08. The number of halogens is 1. The Morgan fingerprint density at radius 2 is 1.59 bits per heavy atom. The van der Waals surface area contributed by atoms with E-state index in [9.17, 15) is 10.4 Å². The molecule has 3 heteroatoms. The van der Waals surface area contributed by atoms with Gasteiger partial charge in [-0.3, -0.25) is 0 Å². The second-order valence-electron chi connectivity index (χ2n) is 5.17. The van der Waals surface area contributed by atoms with Crippen LogP contribution in [-0.4, -0.2) is 5.11 Å². The van der Waals surface area contributed by atoms with Gasteiger partial charge in [-0.05, 0) is 34.0 Å². The normalized spacial score (nSPS) is 13.5. The second-order valence-corrected chi connectivity index (χ2v) is 5.61. The first kappa shape index (κ1) is 14.6. The zero-order valence-corrected chi connectivity index (χ0v) is 12.5. The van der Waals surface area contributed by atoms with Gasteiger partial charge in [0.2, 0.25) is 0 Å². The van der Waals surface area contributed by atoms with Crippen molar-refractivity contribution in [2.45, 2.75) is 12.0 Å². The van der Waals surface area contributed by atoms with Crippen molar-refractivity contribution >= 4 is 22.4 Å². The molecule has 0 aliphatic rings. The molecule has 0 bridgehead atoms. The minimum absolute atomic E-state index is 0.606. The van der Waals surface area contributed by atoms with Crippen molar-refractivity contribution in [3.8, 4) is 6.07 Å². The molecular formula is C19H14ClNO. The molecule has 3 aromatic rings. The molecule has 0 saturated carbocycles. The van der Waals surface area contributed by atoms with E-state index in [1.165, 1.54) is 0 Å². The van der Waals surface area contributed by atoms with Crippen LogP contribution in [-0.2, 0) is 0 Å². The average molecular weight is 308 g/mol. The van der Waals surface area contributed by atoms with Gasteiger partial charge in [-0.2, -0.15) is 5.26 Å². The Labute approximate surface area is 134 Å². The predicted molar refractivity (Wildman–Crippen MR) is 88.7 cm³/mol. The van der Waals surface area contributed by atoms with E-state index in [0.717, 1.165) is 16.3 Å². The van der Waals surface area contributed by atoms with Gasteiger partial charge in [0, 0.05) is 5.02 Å². The van der Waals surface area contributed by atoms with Gasteiger partial charge in [-0.1, -0.05) is 66.2 Å².